The summed E-state index contributed by atoms with van der Waals surface area (Å²) in [4.78, 5) is 0. The molecule has 1 saturated heterocycles. The summed E-state index contributed by atoms with van der Waals surface area (Å²) < 4.78 is 31.1. The van der Waals surface area contributed by atoms with Gasteiger partial charge in [-0.15, -0.1) is 0 Å². The van der Waals surface area contributed by atoms with E-state index in [-0.39, 0.29) is 11.9 Å². The quantitative estimate of drug-likeness (QED) is 0.604. The minimum atomic E-state index is -0.218. The largest absolute Gasteiger partial charge is 0.488 e. The Labute approximate surface area is 155 Å². The van der Waals surface area contributed by atoms with Gasteiger partial charge in [-0.1, -0.05) is 30.3 Å². The number of hydrogen-bond donors (Lipinski definition) is 0. The van der Waals surface area contributed by atoms with Crippen molar-refractivity contribution in [1.82, 2.24) is 0 Å². The molecule has 0 amide bonds. The molecule has 26 heavy (non-hydrogen) atoms. The second-order valence-corrected chi connectivity index (χ2v) is 6.78. The van der Waals surface area contributed by atoms with Crippen molar-refractivity contribution in [3.05, 3.63) is 54.3 Å². The van der Waals surface area contributed by atoms with Crippen LogP contribution in [-0.4, -0.2) is 32.0 Å². The van der Waals surface area contributed by atoms with Gasteiger partial charge in [-0.25, -0.2) is 4.39 Å². The van der Waals surface area contributed by atoms with Crippen molar-refractivity contribution in [1.29, 1.82) is 0 Å². The standard InChI is InChI=1S/C22H27FO3/c1-17(16-24-15-13-19-6-4-5-14-25-19)26-20-11-9-18(10-12-20)21-7-2-3-8-22(21)23/h2-3,7-12,17,19H,4-6,13-16H2,1H3/t17-,19?/m0/s1. The molecule has 1 fully saturated rings. The zero-order valence-corrected chi connectivity index (χ0v) is 15.3. The van der Waals surface area contributed by atoms with Crippen molar-refractivity contribution in [3.8, 4) is 16.9 Å². The maximum Gasteiger partial charge on any atom is 0.131 e. The highest BCUT2D eigenvalue weighted by Crippen LogP contribution is 2.25. The zero-order valence-electron chi connectivity index (χ0n) is 15.3. The molecule has 140 valence electrons. The number of halogens is 1. The third-order valence-corrected chi connectivity index (χ3v) is 4.59. The second kappa shape index (κ2) is 9.70. The van der Waals surface area contributed by atoms with Gasteiger partial charge in [0.2, 0.25) is 0 Å². The minimum absolute atomic E-state index is 0.0402. The summed E-state index contributed by atoms with van der Waals surface area (Å²) in [5, 5.41) is 0. The van der Waals surface area contributed by atoms with Gasteiger partial charge in [0.05, 0.1) is 12.7 Å². The van der Waals surface area contributed by atoms with E-state index < -0.39 is 0 Å². The Kier molecular flexibility index (Phi) is 7.04. The lowest BCUT2D eigenvalue weighted by molar-refractivity contribution is -0.0157. The zero-order chi connectivity index (χ0) is 18.2. The van der Waals surface area contributed by atoms with Crippen LogP contribution in [0, 0.1) is 5.82 Å². The lowest BCUT2D eigenvalue weighted by Gasteiger charge is -2.22. The molecular formula is C22H27FO3. The van der Waals surface area contributed by atoms with E-state index in [4.69, 9.17) is 14.2 Å². The van der Waals surface area contributed by atoms with Crippen LogP contribution >= 0.6 is 0 Å². The average molecular weight is 358 g/mol. The fourth-order valence-electron chi connectivity index (χ4n) is 3.17. The highest BCUT2D eigenvalue weighted by atomic mass is 19.1. The number of ether oxygens (including phenoxy) is 3. The van der Waals surface area contributed by atoms with Crippen molar-refractivity contribution >= 4 is 0 Å². The predicted octanol–water partition coefficient (Wildman–Crippen LogP) is 5.24. The Bertz CT molecular complexity index is 665. The predicted molar refractivity (Wildman–Crippen MR) is 101 cm³/mol. The third-order valence-electron chi connectivity index (χ3n) is 4.59. The normalized spacial score (nSPS) is 18.5. The topological polar surface area (TPSA) is 27.7 Å². The maximum atomic E-state index is 13.8. The molecule has 0 radical (unpaired) electrons. The molecule has 0 N–H and O–H groups in total. The summed E-state index contributed by atoms with van der Waals surface area (Å²) in [5.74, 6) is 0.543. The summed E-state index contributed by atoms with van der Waals surface area (Å²) in [6.45, 7) is 4.11. The molecule has 1 aliphatic heterocycles. The van der Waals surface area contributed by atoms with Gasteiger partial charge in [-0.05, 0) is 56.4 Å². The molecule has 2 aromatic carbocycles. The van der Waals surface area contributed by atoms with Gasteiger partial charge < -0.3 is 14.2 Å². The molecule has 1 aliphatic rings. The van der Waals surface area contributed by atoms with Gasteiger partial charge in [-0.3, -0.25) is 0 Å². The average Bonchev–Trinajstić information content (AvgIpc) is 2.67. The van der Waals surface area contributed by atoms with E-state index in [2.05, 4.69) is 0 Å². The highest BCUT2D eigenvalue weighted by Gasteiger charge is 2.13. The van der Waals surface area contributed by atoms with Gasteiger partial charge in [0.1, 0.15) is 17.7 Å². The first-order valence-corrected chi connectivity index (χ1v) is 9.43. The fourth-order valence-corrected chi connectivity index (χ4v) is 3.17. The lowest BCUT2D eigenvalue weighted by atomic mass is 10.1. The Morgan fingerprint density at radius 3 is 2.65 bits per heavy atom. The molecule has 0 bridgehead atoms. The molecule has 0 saturated carbocycles. The summed E-state index contributed by atoms with van der Waals surface area (Å²) in [7, 11) is 0. The molecular weight excluding hydrogens is 331 g/mol. The van der Waals surface area contributed by atoms with Crippen molar-refractivity contribution < 1.29 is 18.6 Å². The Balaban J connectivity index is 1.41. The summed E-state index contributed by atoms with van der Waals surface area (Å²) >= 11 is 0. The van der Waals surface area contributed by atoms with E-state index in [0.29, 0.717) is 24.9 Å². The monoisotopic (exact) mass is 358 g/mol. The molecule has 1 unspecified atom stereocenters. The van der Waals surface area contributed by atoms with Crippen LogP contribution in [0.2, 0.25) is 0 Å². The molecule has 1 heterocycles. The number of hydrogen-bond acceptors (Lipinski definition) is 3. The smallest absolute Gasteiger partial charge is 0.131 e. The molecule has 3 nitrogen and oxygen atoms in total. The molecule has 2 aromatic rings. The van der Waals surface area contributed by atoms with Crippen LogP contribution in [0.4, 0.5) is 4.39 Å². The summed E-state index contributed by atoms with van der Waals surface area (Å²) in [6.07, 6.45) is 4.84. The molecule has 2 atom stereocenters. The second-order valence-electron chi connectivity index (χ2n) is 6.78. The SMILES string of the molecule is C[C@@H](COCCC1CCCCO1)Oc1ccc(-c2ccccc2F)cc1. The summed E-state index contributed by atoms with van der Waals surface area (Å²) in [5.41, 5.74) is 1.44. The van der Waals surface area contributed by atoms with Crippen LogP contribution in [0.25, 0.3) is 11.1 Å². The van der Waals surface area contributed by atoms with Crippen molar-refractivity contribution in [3.63, 3.8) is 0 Å². The molecule has 0 aromatic heterocycles. The molecule has 0 spiro atoms. The minimum Gasteiger partial charge on any atom is -0.488 e. The lowest BCUT2D eigenvalue weighted by Crippen LogP contribution is -2.23. The Morgan fingerprint density at radius 2 is 1.92 bits per heavy atom. The van der Waals surface area contributed by atoms with E-state index in [0.717, 1.165) is 30.8 Å². The maximum absolute atomic E-state index is 13.8. The van der Waals surface area contributed by atoms with E-state index in [9.17, 15) is 4.39 Å². The van der Waals surface area contributed by atoms with Crippen LogP contribution in [0.3, 0.4) is 0 Å². The van der Waals surface area contributed by atoms with Crippen molar-refractivity contribution in [2.75, 3.05) is 19.8 Å². The Morgan fingerprint density at radius 1 is 1.12 bits per heavy atom. The Hall–Kier alpha value is -1.91. The van der Waals surface area contributed by atoms with Crippen LogP contribution < -0.4 is 4.74 Å². The molecule has 3 rings (SSSR count). The first-order chi connectivity index (χ1) is 12.7. The first kappa shape index (κ1) is 18.9. The third kappa shape index (κ3) is 5.55. The number of rotatable bonds is 8. The number of benzene rings is 2. The van der Waals surface area contributed by atoms with E-state index in [1.165, 1.54) is 18.9 Å². The van der Waals surface area contributed by atoms with Gasteiger partial charge >= 0.3 is 0 Å². The van der Waals surface area contributed by atoms with Crippen molar-refractivity contribution in [2.45, 2.75) is 44.8 Å². The highest BCUT2D eigenvalue weighted by molar-refractivity contribution is 5.64. The van der Waals surface area contributed by atoms with Crippen molar-refractivity contribution in [2.24, 2.45) is 0 Å². The van der Waals surface area contributed by atoms with Gasteiger partial charge in [0, 0.05) is 18.8 Å². The van der Waals surface area contributed by atoms with E-state index in [1.807, 2.05) is 37.3 Å². The van der Waals surface area contributed by atoms with E-state index >= 15 is 0 Å². The van der Waals surface area contributed by atoms with Crippen LogP contribution in [0.15, 0.2) is 48.5 Å². The molecule has 4 heteroatoms. The molecule has 0 aliphatic carbocycles. The van der Waals surface area contributed by atoms with Gasteiger partial charge in [0.25, 0.3) is 0 Å². The van der Waals surface area contributed by atoms with Crippen LogP contribution in [0.1, 0.15) is 32.6 Å². The first-order valence-electron chi connectivity index (χ1n) is 9.43. The van der Waals surface area contributed by atoms with Gasteiger partial charge in [-0.2, -0.15) is 0 Å². The summed E-state index contributed by atoms with van der Waals surface area (Å²) in [6, 6.07) is 14.3. The van der Waals surface area contributed by atoms with Crippen LogP contribution in [0.5, 0.6) is 5.75 Å². The van der Waals surface area contributed by atoms with Crippen LogP contribution in [-0.2, 0) is 9.47 Å². The van der Waals surface area contributed by atoms with E-state index in [1.54, 1.807) is 12.1 Å². The fraction of sp³-hybridized carbons (Fsp3) is 0.455. The van der Waals surface area contributed by atoms with Gasteiger partial charge in [0.15, 0.2) is 0 Å².